The van der Waals surface area contributed by atoms with Gasteiger partial charge in [-0.05, 0) is 6.92 Å². The number of rotatable bonds is 3. The lowest BCUT2D eigenvalue weighted by atomic mass is 10.2. The zero-order valence-electron chi connectivity index (χ0n) is 7.16. The van der Waals surface area contributed by atoms with Crippen LogP contribution >= 0.6 is 0 Å². The van der Waals surface area contributed by atoms with Gasteiger partial charge in [-0.1, -0.05) is 6.08 Å². The van der Waals surface area contributed by atoms with Crippen molar-refractivity contribution in [2.75, 3.05) is 0 Å². The summed E-state index contributed by atoms with van der Waals surface area (Å²) in [6.45, 7) is 4.34. The highest BCUT2D eigenvalue weighted by molar-refractivity contribution is 5.84. The summed E-state index contributed by atoms with van der Waals surface area (Å²) >= 11 is 0. The van der Waals surface area contributed by atoms with Crippen molar-refractivity contribution in [2.24, 2.45) is 0 Å². The Morgan fingerprint density at radius 1 is 1.36 bits per heavy atom. The highest BCUT2D eigenvalue weighted by Crippen LogP contribution is 2.35. The van der Waals surface area contributed by atoms with E-state index in [-0.39, 0.29) is 0 Å². The van der Waals surface area contributed by atoms with Gasteiger partial charge in [0.25, 0.3) is 0 Å². The third kappa shape index (κ3) is 2.68. The molecule has 0 aromatic rings. The van der Waals surface area contributed by atoms with Crippen molar-refractivity contribution in [3.8, 4) is 0 Å². The predicted octanol–water partition coefficient (Wildman–Crippen LogP) is 1.87. The molecule has 1 N–H and O–H groups in total. The van der Waals surface area contributed by atoms with E-state index < -0.39 is 24.0 Å². The number of carbonyl (C=O) groups excluding carboxylic acids is 1. The SMILES string of the molecule is C=CC(C)NC(=O)C(F)(F)C(F)(F)F. The molecule has 0 bridgehead atoms. The van der Waals surface area contributed by atoms with E-state index in [2.05, 4.69) is 6.58 Å². The van der Waals surface area contributed by atoms with Crippen LogP contribution in [-0.2, 0) is 4.79 Å². The lowest BCUT2D eigenvalue weighted by Crippen LogP contribution is -2.52. The zero-order valence-corrected chi connectivity index (χ0v) is 7.16. The van der Waals surface area contributed by atoms with Crippen LogP contribution in [0.25, 0.3) is 0 Å². The average Bonchev–Trinajstić information content (AvgIpc) is 2.01. The second kappa shape index (κ2) is 3.93. The van der Waals surface area contributed by atoms with Crippen LogP contribution < -0.4 is 5.32 Å². The Labute approximate surface area is 76.8 Å². The van der Waals surface area contributed by atoms with Crippen molar-refractivity contribution in [2.45, 2.75) is 25.1 Å². The van der Waals surface area contributed by atoms with Crippen LogP contribution in [0.5, 0.6) is 0 Å². The van der Waals surface area contributed by atoms with Gasteiger partial charge in [0.1, 0.15) is 0 Å². The molecular weight excluding hydrogens is 209 g/mol. The lowest BCUT2D eigenvalue weighted by Gasteiger charge is -2.20. The molecule has 0 saturated heterocycles. The fourth-order valence-electron chi connectivity index (χ4n) is 0.485. The maximum Gasteiger partial charge on any atom is 0.463 e. The van der Waals surface area contributed by atoms with Crippen molar-refractivity contribution in [3.63, 3.8) is 0 Å². The zero-order chi connectivity index (χ0) is 11.6. The first-order valence-corrected chi connectivity index (χ1v) is 3.51. The van der Waals surface area contributed by atoms with E-state index in [1.165, 1.54) is 12.2 Å². The monoisotopic (exact) mass is 217 g/mol. The van der Waals surface area contributed by atoms with Gasteiger partial charge in [-0.15, -0.1) is 6.58 Å². The minimum atomic E-state index is -5.88. The summed E-state index contributed by atoms with van der Waals surface area (Å²) in [6.07, 6.45) is -4.84. The molecule has 2 nitrogen and oxygen atoms in total. The van der Waals surface area contributed by atoms with E-state index in [1.54, 1.807) is 0 Å². The summed E-state index contributed by atoms with van der Waals surface area (Å²) in [5.74, 6) is -7.75. The van der Waals surface area contributed by atoms with Gasteiger partial charge < -0.3 is 5.32 Å². The van der Waals surface area contributed by atoms with Crippen molar-refractivity contribution in [1.82, 2.24) is 5.32 Å². The van der Waals surface area contributed by atoms with Crippen LogP contribution in [0.4, 0.5) is 22.0 Å². The number of nitrogens with one attached hydrogen (secondary N) is 1. The summed E-state index contributed by atoms with van der Waals surface area (Å²) < 4.78 is 59.3. The van der Waals surface area contributed by atoms with Crippen molar-refractivity contribution in [3.05, 3.63) is 12.7 Å². The Bertz CT molecular complexity index is 235. The van der Waals surface area contributed by atoms with E-state index in [0.717, 1.165) is 6.08 Å². The number of amides is 1. The quantitative estimate of drug-likeness (QED) is 0.567. The number of hydrogen-bond acceptors (Lipinski definition) is 1. The Balaban J connectivity index is 4.60. The Kier molecular flexibility index (Phi) is 3.61. The molecule has 0 fully saturated rings. The molecule has 0 aliphatic carbocycles. The van der Waals surface area contributed by atoms with Crippen molar-refractivity contribution < 1.29 is 26.7 Å². The number of carbonyl (C=O) groups is 1. The molecule has 0 aliphatic rings. The summed E-state index contributed by atoms with van der Waals surface area (Å²) in [5.41, 5.74) is 0. The standard InChI is InChI=1S/C7H8F5NO/c1-3-4(2)13-5(14)6(8,9)7(10,11)12/h3-4H,1H2,2H3,(H,13,14). The lowest BCUT2D eigenvalue weighted by molar-refractivity contribution is -0.269. The molecule has 1 atom stereocenters. The molecule has 0 heterocycles. The maximum absolute atomic E-state index is 12.2. The van der Waals surface area contributed by atoms with Gasteiger partial charge in [-0.25, -0.2) is 0 Å². The molecule has 0 spiro atoms. The second-order valence-electron chi connectivity index (χ2n) is 2.57. The van der Waals surface area contributed by atoms with Crippen LogP contribution in [-0.4, -0.2) is 24.0 Å². The number of halogens is 5. The highest BCUT2D eigenvalue weighted by Gasteiger charge is 2.63. The summed E-state index contributed by atoms with van der Waals surface area (Å²) in [7, 11) is 0. The largest absolute Gasteiger partial charge is 0.463 e. The molecule has 0 aromatic carbocycles. The van der Waals surface area contributed by atoms with Gasteiger partial charge in [-0.2, -0.15) is 22.0 Å². The third-order valence-corrected chi connectivity index (χ3v) is 1.35. The number of alkyl halides is 5. The van der Waals surface area contributed by atoms with E-state index in [4.69, 9.17) is 0 Å². The topological polar surface area (TPSA) is 29.1 Å². The van der Waals surface area contributed by atoms with E-state index in [0.29, 0.717) is 0 Å². The van der Waals surface area contributed by atoms with E-state index in [1.807, 2.05) is 0 Å². The molecule has 0 rings (SSSR count). The van der Waals surface area contributed by atoms with E-state index >= 15 is 0 Å². The average molecular weight is 217 g/mol. The minimum Gasteiger partial charge on any atom is -0.345 e. The number of hydrogen-bond donors (Lipinski definition) is 1. The van der Waals surface area contributed by atoms with Gasteiger partial charge >= 0.3 is 18.0 Å². The smallest absolute Gasteiger partial charge is 0.345 e. The molecule has 82 valence electrons. The first kappa shape index (κ1) is 12.9. The summed E-state index contributed by atoms with van der Waals surface area (Å²) in [6, 6.07) is -0.948. The molecule has 1 unspecified atom stereocenters. The molecule has 0 saturated carbocycles. The van der Waals surface area contributed by atoms with Crippen LogP contribution in [0.1, 0.15) is 6.92 Å². The van der Waals surface area contributed by atoms with Crippen LogP contribution in [0, 0.1) is 0 Å². The molecule has 1 amide bonds. The normalized spacial score (nSPS) is 14.7. The third-order valence-electron chi connectivity index (χ3n) is 1.35. The minimum absolute atomic E-state index is 0.948. The van der Waals surface area contributed by atoms with Crippen LogP contribution in [0.3, 0.4) is 0 Å². The molecular formula is C7H8F5NO. The highest BCUT2D eigenvalue weighted by atomic mass is 19.4. The van der Waals surface area contributed by atoms with Gasteiger partial charge in [-0.3, -0.25) is 4.79 Å². The maximum atomic E-state index is 12.2. The Hall–Kier alpha value is -1.14. The molecule has 7 heteroatoms. The Morgan fingerprint density at radius 2 is 1.79 bits per heavy atom. The van der Waals surface area contributed by atoms with Gasteiger partial charge in [0.2, 0.25) is 0 Å². The van der Waals surface area contributed by atoms with Gasteiger partial charge in [0, 0.05) is 6.04 Å². The first-order chi connectivity index (χ1) is 6.13. The van der Waals surface area contributed by atoms with Crippen molar-refractivity contribution >= 4 is 5.91 Å². The first-order valence-electron chi connectivity index (χ1n) is 3.51. The summed E-state index contributed by atoms with van der Waals surface area (Å²) in [4.78, 5) is 10.5. The Morgan fingerprint density at radius 3 is 2.07 bits per heavy atom. The van der Waals surface area contributed by atoms with Gasteiger partial charge in [0.15, 0.2) is 0 Å². The van der Waals surface area contributed by atoms with E-state index in [9.17, 15) is 26.7 Å². The molecule has 0 aromatic heterocycles. The fourth-order valence-corrected chi connectivity index (χ4v) is 0.485. The molecule has 14 heavy (non-hydrogen) atoms. The molecule has 0 aliphatic heterocycles. The van der Waals surface area contributed by atoms with Crippen LogP contribution in [0.2, 0.25) is 0 Å². The molecule has 0 radical (unpaired) electrons. The summed E-state index contributed by atoms with van der Waals surface area (Å²) in [5, 5.41) is 1.45. The second-order valence-corrected chi connectivity index (χ2v) is 2.57. The fraction of sp³-hybridized carbons (Fsp3) is 0.571. The van der Waals surface area contributed by atoms with Crippen LogP contribution in [0.15, 0.2) is 12.7 Å². The van der Waals surface area contributed by atoms with Crippen molar-refractivity contribution in [1.29, 1.82) is 0 Å². The van der Waals surface area contributed by atoms with Gasteiger partial charge in [0.05, 0.1) is 0 Å². The predicted molar refractivity (Wildman–Crippen MR) is 38.8 cm³/mol.